The lowest BCUT2D eigenvalue weighted by atomic mass is 9.96. The lowest BCUT2D eigenvalue weighted by Gasteiger charge is -2.09. The molecule has 0 heterocycles. The van der Waals surface area contributed by atoms with Crippen molar-refractivity contribution in [1.82, 2.24) is 0 Å². The van der Waals surface area contributed by atoms with Gasteiger partial charge >= 0.3 is 0 Å². The maximum absolute atomic E-state index is 11.9. The van der Waals surface area contributed by atoms with Crippen LogP contribution in [0.3, 0.4) is 0 Å². The molecule has 0 N–H and O–H groups in total. The van der Waals surface area contributed by atoms with Crippen molar-refractivity contribution in [1.29, 1.82) is 0 Å². The molecule has 0 aromatic heterocycles. The molecule has 0 radical (unpaired) electrons. The van der Waals surface area contributed by atoms with E-state index >= 15 is 0 Å². The van der Waals surface area contributed by atoms with E-state index in [-0.39, 0.29) is 11.7 Å². The van der Waals surface area contributed by atoms with Gasteiger partial charge in [0.15, 0.2) is 5.78 Å². The van der Waals surface area contributed by atoms with Crippen molar-refractivity contribution >= 4 is 5.78 Å². The fourth-order valence-corrected chi connectivity index (χ4v) is 1.43. The number of ketones is 1. The van der Waals surface area contributed by atoms with Crippen LogP contribution in [-0.4, -0.2) is 19.5 Å². The van der Waals surface area contributed by atoms with Gasteiger partial charge in [-0.1, -0.05) is 36.8 Å². The van der Waals surface area contributed by atoms with Gasteiger partial charge in [-0.15, -0.1) is 0 Å². The first-order valence-electron chi connectivity index (χ1n) is 5.25. The van der Waals surface area contributed by atoms with Crippen molar-refractivity contribution in [2.45, 2.75) is 20.3 Å². The average Bonchev–Trinajstić information content (AvgIpc) is 2.26. The SMILES string of the molecule is COCCC(C)C(=O)c1ccc(C)cc1. The summed E-state index contributed by atoms with van der Waals surface area (Å²) in [6.07, 6.45) is 0.781. The molecule has 82 valence electrons. The fraction of sp³-hybridized carbons (Fsp3) is 0.462. The zero-order valence-corrected chi connectivity index (χ0v) is 9.62. The molecule has 1 atom stereocenters. The Hall–Kier alpha value is -1.15. The maximum Gasteiger partial charge on any atom is 0.165 e. The van der Waals surface area contributed by atoms with Crippen LogP contribution in [0, 0.1) is 12.8 Å². The van der Waals surface area contributed by atoms with Crippen LogP contribution in [0.5, 0.6) is 0 Å². The highest BCUT2D eigenvalue weighted by Crippen LogP contribution is 2.12. The number of Topliss-reactive ketones (excluding diaryl/α,β-unsaturated/α-hetero) is 1. The molecule has 1 rings (SSSR count). The van der Waals surface area contributed by atoms with E-state index in [0.717, 1.165) is 12.0 Å². The smallest absolute Gasteiger partial charge is 0.165 e. The molecule has 1 aromatic rings. The fourth-order valence-electron chi connectivity index (χ4n) is 1.43. The lowest BCUT2D eigenvalue weighted by molar-refractivity contribution is 0.0894. The highest BCUT2D eigenvalue weighted by atomic mass is 16.5. The van der Waals surface area contributed by atoms with E-state index < -0.39 is 0 Å². The molecule has 1 aromatic carbocycles. The second-order valence-corrected chi connectivity index (χ2v) is 3.91. The van der Waals surface area contributed by atoms with Gasteiger partial charge in [0, 0.05) is 25.2 Å². The summed E-state index contributed by atoms with van der Waals surface area (Å²) >= 11 is 0. The molecule has 1 unspecified atom stereocenters. The van der Waals surface area contributed by atoms with Gasteiger partial charge in [0.1, 0.15) is 0 Å². The van der Waals surface area contributed by atoms with Crippen molar-refractivity contribution in [2.75, 3.05) is 13.7 Å². The van der Waals surface area contributed by atoms with E-state index in [2.05, 4.69) is 0 Å². The summed E-state index contributed by atoms with van der Waals surface area (Å²) in [5, 5.41) is 0. The molecule has 2 heteroatoms. The van der Waals surface area contributed by atoms with Gasteiger partial charge in [-0.25, -0.2) is 0 Å². The van der Waals surface area contributed by atoms with E-state index in [1.165, 1.54) is 5.56 Å². The van der Waals surface area contributed by atoms with Crippen LogP contribution in [0.1, 0.15) is 29.3 Å². The van der Waals surface area contributed by atoms with Crippen molar-refractivity contribution in [3.05, 3.63) is 35.4 Å². The van der Waals surface area contributed by atoms with E-state index in [1.807, 2.05) is 38.1 Å². The minimum absolute atomic E-state index is 0.0349. The molecule has 0 amide bonds. The predicted molar refractivity (Wildman–Crippen MR) is 61.2 cm³/mol. The minimum atomic E-state index is 0.0349. The van der Waals surface area contributed by atoms with Gasteiger partial charge < -0.3 is 4.74 Å². The first kappa shape index (κ1) is 11.9. The van der Waals surface area contributed by atoms with Gasteiger partial charge in [-0.3, -0.25) is 4.79 Å². The number of carbonyl (C=O) groups excluding carboxylic acids is 1. The molecule has 0 aliphatic carbocycles. The third-order valence-corrected chi connectivity index (χ3v) is 2.54. The average molecular weight is 206 g/mol. The Labute approximate surface area is 91.3 Å². The maximum atomic E-state index is 11.9. The second kappa shape index (κ2) is 5.66. The van der Waals surface area contributed by atoms with Crippen LogP contribution in [0.25, 0.3) is 0 Å². The van der Waals surface area contributed by atoms with E-state index in [9.17, 15) is 4.79 Å². The first-order valence-corrected chi connectivity index (χ1v) is 5.25. The number of carbonyl (C=O) groups is 1. The lowest BCUT2D eigenvalue weighted by Crippen LogP contribution is -2.13. The Bertz CT molecular complexity index is 314. The van der Waals surface area contributed by atoms with Crippen molar-refractivity contribution in [3.8, 4) is 0 Å². The molecule has 0 spiro atoms. The number of methoxy groups -OCH3 is 1. The van der Waals surface area contributed by atoms with E-state index in [4.69, 9.17) is 4.74 Å². The molecule has 0 saturated carbocycles. The molecule has 0 saturated heterocycles. The van der Waals surface area contributed by atoms with Gasteiger partial charge in [0.2, 0.25) is 0 Å². The van der Waals surface area contributed by atoms with Gasteiger partial charge in [-0.05, 0) is 13.3 Å². The highest BCUT2D eigenvalue weighted by molar-refractivity contribution is 5.97. The Morgan fingerprint density at radius 2 is 1.93 bits per heavy atom. The summed E-state index contributed by atoms with van der Waals surface area (Å²) in [5.41, 5.74) is 1.97. The molecule has 2 nitrogen and oxygen atoms in total. The van der Waals surface area contributed by atoms with Crippen LogP contribution >= 0.6 is 0 Å². The van der Waals surface area contributed by atoms with E-state index in [0.29, 0.717) is 6.61 Å². The largest absolute Gasteiger partial charge is 0.385 e. The number of hydrogen-bond donors (Lipinski definition) is 0. The Morgan fingerprint density at radius 1 is 1.33 bits per heavy atom. The number of aryl methyl sites for hydroxylation is 1. The Morgan fingerprint density at radius 3 is 2.47 bits per heavy atom. The van der Waals surface area contributed by atoms with E-state index in [1.54, 1.807) is 7.11 Å². The minimum Gasteiger partial charge on any atom is -0.385 e. The summed E-state index contributed by atoms with van der Waals surface area (Å²) in [7, 11) is 1.66. The molecule has 0 fully saturated rings. The number of rotatable bonds is 5. The van der Waals surface area contributed by atoms with Gasteiger partial charge in [-0.2, -0.15) is 0 Å². The molecule has 0 aliphatic rings. The first-order chi connectivity index (χ1) is 7.15. The predicted octanol–water partition coefficient (Wildman–Crippen LogP) is 2.85. The van der Waals surface area contributed by atoms with Crippen LogP contribution in [0.4, 0.5) is 0 Å². The molecular formula is C13H18O2. The summed E-state index contributed by atoms with van der Waals surface area (Å²) < 4.78 is 4.97. The highest BCUT2D eigenvalue weighted by Gasteiger charge is 2.14. The third-order valence-electron chi connectivity index (χ3n) is 2.54. The van der Waals surface area contributed by atoms with Crippen molar-refractivity contribution in [2.24, 2.45) is 5.92 Å². The summed E-state index contributed by atoms with van der Waals surface area (Å²) in [4.78, 5) is 11.9. The number of hydrogen-bond acceptors (Lipinski definition) is 2. The molecular weight excluding hydrogens is 188 g/mol. The summed E-state index contributed by atoms with van der Waals surface area (Å²) in [5.74, 6) is 0.236. The van der Waals surface area contributed by atoms with Gasteiger partial charge in [0.05, 0.1) is 0 Å². The summed E-state index contributed by atoms with van der Waals surface area (Å²) in [6.45, 7) is 4.60. The zero-order valence-electron chi connectivity index (χ0n) is 9.62. The van der Waals surface area contributed by atoms with Crippen molar-refractivity contribution < 1.29 is 9.53 Å². The van der Waals surface area contributed by atoms with Crippen LogP contribution in [-0.2, 0) is 4.74 Å². The normalized spacial score (nSPS) is 12.5. The van der Waals surface area contributed by atoms with Crippen LogP contribution in [0.2, 0.25) is 0 Å². The molecule has 15 heavy (non-hydrogen) atoms. The Kier molecular flexibility index (Phi) is 4.50. The number of benzene rings is 1. The number of ether oxygens (including phenoxy) is 1. The van der Waals surface area contributed by atoms with Gasteiger partial charge in [0.25, 0.3) is 0 Å². The summed E-state index contributed by atoms with van der Waals surface area (Å²) in [6, 6.07) is 7.72. The zero-order chi connectivity index (χ0) is 11.3. The van der Waals surface area contributed by atoms with Crippen LogP contribution in [0.15, 0.2) is 24.3 Å². The Balaban J connectivity index is 2.63. The standard InChI is InChI=1S/C13H18O2/c1-10-4-6-12(7-5-10)13(14)11(2)8-9-15-3/h4-7,11H,8-9H2,1-3H3. The topological polar surface area (TPSA) is 26.3 Å². The second-order valence-electron chi connectivity index (χ2n) is 3.91. The quantitative estimate of drug-likeness (QED) is 0.692. The third kappa shape index (κ3) is 3.48. The molecule has 0 bridgehead atoms. The van der Waals surface area contributed by atoms with Crippen molar-refractivity contribution in [3.63, 3.8) is 0 Å². The monoisotopic (exact) mass is 206 g/mol. The van der Waals surface area contributed by atoms with Crippen LogP contribution < -0.4 is 0 Å². The molecule has 0 aliphatic heterocycles.